The summed E-state index contributed by atoms with van der Waals surface area (Å²) in [5.74, 6) is 0.744. The van der Waals surface area contributed by atoms with Gasteiger partial charge < -0.3 is 25.4 Å². The van der Waals surface area contributed by atoms with E-state index in [4.69, 9.17) is 4.74 Å². The summed E-state index contributed by atoms with van der Waals surface area (Å²) in [6.07, 6.45) is 2.20. The van der Waals surface area contributed by atoms with Crippen LogP contribution in [-0.2, 0) is 22.4 Å². The van der Waals surface area contributed by atoms with E-state index in [9.17, 15) is 14.7 Å². The molecule has 1 fully saturated rings. The van der Waals surface area contributed by atoms with Crippen molar-refractivity contribution in [2.45, 2.75) is 70.2 Å². The maximum absolute atomic E-state index is 12.0. The van der Waals surface area contributed by atoms with Gasteiger partial charge >= 0.3 is 0 Å². The van der Waals surface area contributed by atoms with Crippen LogP contribution in [0.5, 0.6) is 5.75 Å². The fraction of sp³-hybridized carbons (Fsp3) is 0.500. The second kappa shape index (κ2) is 10.8. The van der Waals surface area contributed by atoms with Crippen molar-refractivity contribution < 1.29 is 19.4 Å². The number of nitrogens with one attached hydrogen (secondary N) is 2. The fourth-order valence-corrected chi connectivity index (χ4v) is 5.30. The Balaban J connectivity index is 1.52. The van der Waals surface area contributed by atoms with Gasteiger partial charge in [-0.1, -0.05) is 49.4 Å². The maximum atomic E-state index is 12.0. The number of hydrogen-bond donors (Lipinski definition) is 3. The highest BCUT2D eigenvalue weighted by Crippen LogP contribution is 2.44. The molecular formula is C28H37N3O4. The monoisotopic (exact) mass is 479 g/mol. The number of aryl methyl sites for hydroxylation is 1. The summed E-state index contributed by atoms with van der Waals surface area (Å²) >= 11 is 0. The molecule has 0 radical (unpaired) electrons. The van der Waals surface area contributed by atoms with Crippen LogP contribution in [0, 0.1) is 0 Å². The van der Waals surface area contributed by atoms with E-state index >= 15 is 0 Å². The molecule has 7 heteroatoms. The Morgan fingerprint density at radius 1 is 1.17 bits per heavy atom. The first-order chi connectivity index (χ1) is 16.8. The first-order valence-corrected chi connectivity index (χ1v) is 12.6. The predicted molar refractivity (Wildman–Crippen MR) is 135 cm³/mol. The van der Waals surface area contributed by atoms with Crippen molar-refractivity contribution in [2.24, 2.45) is 0 Å². The van der Waals surface area contributed by atoms with Crippen molar-refractivity contribution in [1.29, 1.82) is 0 Å². The highest BCUT2D eigenvalue weighted by Gasteiger charge is 2.46. The lowest BCUT2D eigenvalue weighted by Crippen LogP contribution is -2.51. The van der Waals surface area contributed by atoms with E-state index in [0.717, 1.165) is 29.7 Å². The van der Waals surface area contributed by atoms with E-state index in [2.05, 4.69) is 29.7 Å². The van der Waals surface area contributed by atoms with Crippen LogP contribution < -0.4 is 15.4 Å². The zero-order valence-corrected chi connectivity index (χ0v) is 20.9. The lowest BCUT2D eigenvalue weighted by atomic mass is 9.85. The molecule has 0 saturated carbocycles. The van der Waals surface area contributed by atoms with E-state index in [1.54, 1.807) is 6.92 Å². The van der Waals surface area contributed by atoms with Gasteiger partial charge in [-0.3, -0.25) is 9.59 Å². The number of aliphatic hydroxyl groups excluding tert-OH is 1. The minimum atomic E-state index is -0.770. The van der Waals surface area contributed by atoms with Crippen LogP contribution in [0.1, 0.15) is 56.3 Å². The van der Waals surface area contributed by atoms with E-state index in [0.29, 0.717) is 32.5 Å². The molecule has 2 aliphatic rings. The van der Waals surface area contributed by atoms with Crippen molar-refractivity contribution in [3.05, 3.63) is 65.2 Å². The largest absolute Gasteiger partial charge is 0.485 e. The summed E-state index contributed by atoms with van der Waals surface area (Å²) in [7, 11) is 0. The van der Waals surface area contributed by atoms with E-state index in [1.807, 2.05) is 41.3 Å². The van der Waals surface area contributed by atoms with Crippen LogP contribution in [0.15, 0.2) is 48.5 Å². The Bertz CT molecular complexity index is 1040. The quantitative estimate of drug-likeness (QED) is 0.542. The van der Waals surface area contributed by atoms with E-state index in [-0.39, 0.29) is 17.9 Å². The molecule has 1 spiro atoms. The van der Waals surface area contributed by atoms with Crippen molar-refractivity contribution in [3.8, 4) is 5.75 Å². The van der Waals surface area contributed by atoms with Gasteiger partial charge in [0.15, 0.2) is 0 Å². The number of fused-ring (bicyclic) bond motifs is 1. The number of rotatable bonds is 8. The summed E-state index contributed by atoms with van der Waals surface area (Å²) < 4.78 is 6.52. The van der Waals surface area contributed by atoms with E-state index in [1.165, 1.54) is 12.5 Å². The molecule has 0 aliphatic carbocycles. The number of benzene rings is 2. The molecule has 7 nitrogen and oxygen atoms in total. The normalized spacial score (nSPS) is 22.9. The highest BCUT2D eigenvalue weighted by molar-refractivity contribution is 5.74. The van der Waals surface area contributed by atoms with Crippen molar-refractivity contribution in [1.82, 2.24) is 15.5 Å². The topological polar surface area (TPSA) is 90.9 Å². The summed E-state index contributed by atoms with van der Waals surface area (Å²) in [6.45, 7) is 6.79. The third-order valence-corrected chi connectivity index (χ3v) is 7.25. The summed E-state index contributed by atoms with van der Waals surface area (Å²) in [5.41, 5.74) is 2.94. The standard InChI is InChI=1S/C28H37N3O4/c1-4-21-10-11-27-23(14-21)25(16-28(35-27)12-13-31(18-28)20(3)33)29-17-26(34)24(30-19(2)32)15-22-8-6-5-7-9-22/h5-11,14,24-26,29,34H,4,12-13,15-18H2,1-3H3,(H,30,32)/t24-,25-,26+,28+/m0/s1. The number of amides is 2. The van der Waals surface area contributed by atoms with Crippen LogP contribution in [0.2, 0.25) is 0 Å². The Kier molecular flexibility index (Phi) is 7.77. The molecule has 4 atom stereocenters. The zero-order valence-electron chi connectivity index (χ0n) is 20.9. The molecule has 0 aromatic heterocycles. The number of ether oxygens (including phenoxy) is 1. The number of aliphatic hydroxyl groups is 1. The van der Waals surface area contributed by atoms with Gasteiger partial charge in [0.05, 0.1) is 18.7 Å². The second-order valence-corrected chi connectivity index (χ2v) is 9.93. The molecule has 0 bridgehead atoms. The number of hydrogen-bond acceptors (Lipinski definition) is 5. The molecule has 2 aromatic carbocycles. The molecule has 35 heavy (non-hydrogen) atoms. The summed E-state index contributed by atoms with van der Waals surface area (Å²) in [5, 5.41) is 17.6. The Morgan fingerprint density at radius 3 is 2.60 bits per heavy atom. The third kappa shape index (κ3) is 6.03. The highest BCUT2D eigenvalue weighted by atomic mass is 16.5. The molecule has 0 unspecified atom stereocenters. The third-order valence-electron chi connectivity index (χ3n) is 7.25. The number of likely N-dealkylation sites (tertiary alicyclic amines) is 1. The molecule has 3 N–H and O–H groups in total. The van der Waals surface area contributed by atoms with Crippen LogP contribution in [0.3, 0.4) is 0 Å². The minimum Gasteiger partial charge on any atom is -0.485 e. The molecule has 4 rings (SSSR count). The zero-order chi connectivity index (χ0) is 25.0. The van der Waals surface area contributed by atoms with Crippen LogP contribution in [0.4, 0.5) is 0 Å². The van der Waals surface area contributed by atoms with Gasteiger partial charge in [-0.25, -0.2) is 0 Å². The fourth-order valence-electron chi connectivity index (χ4n) is 5.30. The molecule has 188 valence electrons. The Hall–Kier alpha value is -2.90. The van der Waals surface area contributed by atoms with Gasteiger partial charge in [-0.2, -0.15) is 0 Å². The van der Waals surface area contributed by atoms with Gasteiger partial charge in [0.2, 0.25) is 11.8 Å². The SMILES string of the molecule is CCc1ccc2c(c1)[C@@H](NC[C@@H](O)[C@H](Cc1ccccc1)NC(C)=O)C[C@@]1(CCN(C(C)=O)C1)O2. The predicted octanol–water partition coefficient (Wildman–Crippen LogP) is 2.76. The van der Waals surface area contributed by atoms with E-state index < -0.39 is 17.7 Å². The van der Waals surface area contributed by atoms with Crippen molar-refractivity contribution in [2.75, 3.05) is 19.6 Å². The second-order valence-electron chi connectivity index (χ2n) is 9.93. The van der Waals surface area contributed by atoms with Crippen LogP contribution in [0.25, 0.3) is 0 Å². The average molecular weight is 480 g/mol. The smallest absolute Gasteiger partial charge is 0.219 e. The molecule has 2 aromatic rings. The van der Waals surface area contributed by atoms with Gasteiger partial charge in [0.1, 0.15) is 11.4 Å². The molecule has 2 heterocycles. The molecule has 2 amide bonds. The Morgan fingerprint density at radius 2 is 1.94 bits per heavy atom. The molecular weight excluding hydrogens is 442 g/mol. The van der Waals surface area contributed by atoms with Crippen LogP contribution in [-0.4, -0.2) is 59.2 Å². The van der Waals surface area contributed by atoms with Crippen molar-refractivity contribution in [3.63, 3.8) is 0 Å². The summed E-state index contributed by atoms with van der Waals surface area (Å²) in [6, 6.07) is 15.7. The van der Waals surface area contributed by atoms with Gasteiger partial charge in [0.25, 0.3) is 0 Å². The minimum absolute atomic E-state index is 0.0264. The number of nitrogens with zero attached hydrogens (tertiary/aromatic N) is 1. The van der Waals surface area contributed by atoms with Crippen LogP contribution >= 0.6 is 0 Å². The van der Waals surface area contributed by atoms with Gasteiger partial charge in [-0.15, -0.1) is 0 Å². The van der Waals surface area contributed by atoms with Gasteiger partial charge in [0, 0.05) is 51.4 Å². The van der Waals surface area contributed by atoms with Gasteiger partial charge in [-0.05, 0) is 30.0 Å². The lowest BCUT2D eigenvalue weighted by Gasteiger charge is -2.41. The maximum Gasteiger partial charge on any atom is 0.219 e. The first kappa shape index (κ1) is 25.2. The average Bonchev–Trinajstić information content (AvgIpc) is 3.25. The first-order valence-electron chi connectivity index (χ1n) is 12.6. The molecule has 1 saturated heterocycles. The van der Waals surface area contributed by atoms with Crippen molar-refractivity contribution >= 4 is 11.8 Å². The molecule has 2 aliphatic heterocycles. The number of carbonyl (C=O) groups is 2. The number of carbonyl (C=O) groups excluding carboxylic acids is 2. The summed E-state index contributed by atoms with van der Waals surface area (Å²) in [4.78, 5) is 25.7. The lowest BCUT2D eigenvalue weighted by molar-refractivity contribution is -0.128. The Labute approximate surface area is 207 Å².